The maximum Gasteiger partial charge on any atom is 0.408 e. The third-order valence-electron chi connectivity index (χ3n) is 11.1. The Kier molecular flexibility index (Phi) is 31.2. The summed E-state index contributed by atoms with van der Waals surface area (Å²) in [5.41, 5.74) is 0.866. The number of amides is 2. The van der Waals surface area contributed by atoms with Gasteiger partial charge in [-0.25, -0.2) is 9.86 Å². The van der Waals surface area contributed by atoms with E-state index in [0.29, 0.717) is 19.8 Å². The molecule has 0 aliphatic carbocycles. The average molecular weight is 881 g/mol. The van der Waals surface area contributed by atoms with Crippen LogP contribution in [0.3, 0.4) is 0 Å². The Morgan fingerprint density at radius 3 is 1.43 bits per heavy atom. The van der Waals surface area contributed by atoms with Gasteiger partial charge in [0.25, 0.3) is 0 Å². The molecule has 2 rings (SSSR count). The summed E-state index contributed by atoms with van der Waals surface area (Å²) < 4.78 is 5.36. The Morgan fingerprint density at radius 2 is 1.00 bits per heavy atom. The van der Waals surface area contributed by atoms with Crippen LogP contribution in [0.2, 0.25) is 0 Å². The molecule has 2 aromatic carbocycles. The molecule has 0 heterocycles. The van der Waals surface area contributed by atoms with Crippen molar-refractivity contribution >= 4 is 29.3 Å². The van der Waals surface area contributed by atoms with Crippen molar-refractivity contribution in [1.29, 1.82) is 0 Å². The fourth-order valence-electron chi connectivity index (χ4n) is 7.60. The molecule has 0 saturated heterocycles. The van der Waals surface area contributed by atoms with Gasteiger partial charge in [0, 0.05) is 6.54 Å². The van der Waals surface area contributed by atoms with Crippen LogP contribution in [0.4, 0.5) is 16.2 Å². The molecule has 2 amide bonds. The summed E-state index contributed by atoms with van der Waals surface area (Å²) in [6, 6.07) is 17.9. The van der Waals surface area contributed by atoms with Gasteiger partial charge in [0.15, 0.2) is 0 Å². The lowest BCUT2D eigenvalue weighted by Crippen LogP contribution is -2.54. The Morgan fingerprint density at radius 1 is 0.587 bits per heavy atom. The first-order valence-electron chi connectivity index (χ1n) is 25.0. The van der Waals surface area contributed by atoms with Crippen molar-refractivity contribution in [3.8, 4) is 0 Å². The molecule has 0 aromatic heterocycles. The molecule has 0 fully saturated rings. The number of rotatable bonds is 39. The molecule has 0 aliphatic rings. The van der Waals surface area contributed by atoms with E-state index in [4.69, 9.17) is 14.4 Å². The molecule has 1 unspecified atom stereocenters. The molecule has 0 bridgehead atoms. The Bertz CT molecular complexity index is 1420. The summed E-state index contributed by atoms with van der Waals surface area (Å²) in [6.45, 7) is 11.1. The lowest BCUT2D eigenvalue weighted by molar-refractivity contribution is -0.139. The molecule has 0 aliphatic heterocycles. The Labute approximate surface area is 382 Å². The van der Waals surface area contributed by atoms with Gasteiger partial charge >= 0.3 is 12.1 Å². The third kappa shape index (κ3) is 28.6. The van der Waals surface area contributed by atoms with Crippen molar-refractivity contribution in [2.45, 2.75) is 213 Å². The van der Waals surface area contributed by atoms with E-state index in [1.807, 2.05) is 70.8 Å². The quantitative estimate of drug-likeness (QED) is 0.0444. The van der Waals surface area contributed by atoms with E-state index < -0.39 is 42.1 Å². The number of hydrogen-bond donors (Lipinski definition) is 3. The van der Waals surface area contributed by atoms with E-state index in [-0.39, 0.29) is 6.54 Å². The standard InChI is InChI=1S/C52H88N4O7/c1-6-8-10-12-14-16-18-20-22-24-26-34-40-61-55(45-36-30-28-31-37-45)44-47(43-53-50(59)48(42-49(57)58)54-51(60)63-52(3,4)5)56(46-38-32-29-33-39-46)62-41-35-27-25-23-21-19-17-15-13-11-9-7-2/h28-33,36-39,47-48H,6-27,34-35,40-44H2,1-5H3,(H,53,59)(H,54,60)(H,57,58)/t47?,48-/m0/s1. The predicted molar refractivity (Wildman–Crippen MR) is 259 cm³/mol. The van der Waals surface area contributed by atoms with Gasteiger partial charge in [0.2, 0.25) is 5.91 Å². The Balaban J connectivity index is 2.17. The fraction of sp³-hybridized carbons (Fsp3) is 0.712. The van der Waals surface area contributed by atoms with E-state index >= 15 is 0 Å². The Hall–Kier alpha value is -3.83. The van der Waals surface area contributed by atoms with Crippen LogP contribution in [0.25, 0.3) is 0 Å². The zero-order valence-corrected chi connectivity index (χ0v) is 40.2. The topological polar surface area (TPSA) is 130 Å². The van der Waals surface area contributed by atoms with Gasteiger partial charge in [-0.2, -0.15) is 0 Å². The first-order chi connectivity index (χ1) is 30.5. The molecular formula is C52H88N4O7. The van der Waals surface area contributed by atoms with Gasteiger partial charge in [0.05, 0.1) is 43.6 Å². The molecular weight excluding hydrogens is 793 g/mol. The number of carboxylic acid groups (broad SMARTS) is 1. The molecule has 11 nitrogen and oxygen atoms in total. The van der Waals surface area contributed by atoms with Gasteiger partial charge < -0.3 is 20.5 Å². The molecule has 2 aromatic rings. The lowest BCUT2D eigenvalue weighted by atomic mass is 10.1. The van der Waals surface area contributed by atoms with E-state index in [0.717, 1.165) is 43.5 Å². The maximum atomic E-state index is 13.7. The van der Waals surface area contributed by atoms with Crippen molar-refractivity contribution in [3.05, 3.63) is 60.7 Å². The van der Waals surface area contributed by atoms with Crippen LogP contribution in [0, 0.1) is 0 Å². The number of carbonyl (C=O) groups excluding carboxylic acids is 2. The van der Waals surface area contributed by atoms with Crippen LogP contribution in [-0.2, 0) is 24.0 Å². The molecule has 3 N–H and O–H groups in total. The number of anilines is 2. The fourth-order valence-corrected chi connectivity index (χ4v) is 7.60. The van der Waals surface area contributed by atoms with Crippen LogP contribution in [0.15, 0.2) is 60.7 Å². The maximum absolute atomic E-state index is 13.7. The number of unbranched alkanes of at least 4 members (excludes halogenated alkanes) is 22. The van der Waals surface area contributed by atoms with Gasteiger partial charge in [-0.05, 0) is 57.9 Å². The smallest absolute Gasteiger partial charge is 0.408 e. The van der Waals surface area contributed by atoms with Gasteiger partial charge in [-0.3, -0.25) is 24.3 Å². The molecule has 0 spiro atoms. The zero-order valence-electron chi connectivity index (χ0n) is 40.2. The molecule has 2 atom stereocenters. The van der Waals surface area contributed by atoms with Crippen LogP contribution < -0.4 is 20.8 Å². The normalized spacial score (nSPS) is 12.4. The second-order valence-corrected chi connectivity index (χ2v) is 18.2. The number of benzene rings is 2. The second kappa shape index (κ2) is 35.5. The third-order valence-corrected chi connectivity index (χ3v) is 11.1. The average Bonchev–Trinajstić information content (AvgIpc) is 3.25. The summed E-state index contributed by atoms with van der Waals surface area (Å²) in [5.74, 6) is -1.85. The summed E-state index contributed by atoms with van der Waals surface area (Å²) in [6.07, 6.45) is 28.6. The van der Waals surface area contributed by atoms with Crippen LogP contribution in [0.1, 0.15) is 195 Å². The van der Waals surface area contributed by atoms with Gasteiger partial charge in [-0.15, -0.1) is 0 Å². The van der Waals surface area contributed by atoms with Crippen molar-refractivity contribution in [2.75, 3.05) is 36.4 Å². The van der Waals surface area contributed by atoms with Crippen molar-refractivity contribution < 1.29 is 33.9 Å². The predicted octanol–water partition coefficient (Wildman–Crippen LogP) is 13.1. The highest BCUT2D eigenvalue weighted by molar-refractivity contribution is 5.89. The number of alkyl carbamates (subject to hydrolysis) is 1. The minimum absolute atomic E-state index is 0.0730. The molecule has 11 heteroatoms. The number of hydroxylamine groups is 2. The first kappa shape index (κ1) is 55.3. The number of carboxylic acids is 1. The number of carbonyl (C=O) groups is 3. The molecule has 358 valence electrons. The monoisotopic (exact) mass is 881 g/mol. The summed E-state index contributed by atoms with van der Waals surface area (Å²) in [4.78, 5) is 51.5. The lowest BCUT2D eigenvalue weighted by Gasteiger charge is -2.36. The minimum atomic E-state index is -1.35. The number of aliphatic carboxylic acids is 1. The summed E-state index contributed by atoms with van der Waals surface area (Å²) in [5, 5.41) is 18.8. The SMILES string of the molecule is CCCCCCCCCCCCCCON(CC(CNC(=O)[C@H](CC(=O)O)NC(=O)OC(C)(C)C)N(OCCCCCCCCCCCCCC)c1ccccc1)c1ccccc1. The van der Waals surface area contributed by atoms with Gasteiger partial charge in [0.1, 0.15) is 11.6 Å². The van der Waals surface area contributed by atoms with E-state index in [1.54, 1.807) is 20.8 Å². The van der Waals surface area contributed by atoms with Crippen LogP contribution >= 0.6 is 0 Å². The first-order valence-corrected chi connectivity index (χ1v) is 25.0. The van der Waals surface area contributed by atoms with Crippen LogP contribution in [0.5, 0.6) is 0 Å². The summed E-state index contributed by atoms with van der Waals surface area (Å²) in [7, 11) is 0. The molecule has 0 saturated carbocycles. The minimum Gasteiger partial charge on any atom is -0.481 e. The number of nitrogens with one attached hydrogen (secondary N) is 2. The highest BCUT2D eigenvalue weighted by Crippen LogP contribution is 2.23. The highest BCUT2D eigenvalue weighted by Gasteiger charge is 2.30. The largest absolute Gasteiger partial charge is 0.481 e. The zero-order chi connectivity index (χ0) is 45.8. The van der Waals surface area contributed by atoms with Crippen molar-refractivity contribution in [3.63, 3.8) is 0 Å². The number of para-hydroxylation sites is 2. The highest BCUT2D eigenvalue weighted by atomic mass is 16.7. The number of nitrogens with zero attached hydrogens (tertiary/aromatic N) is 2. The van der Waals surface area contributed by atoms with Crippen molar-refractivity contribution in [1.82, 2.24) is 10.6 Å². The van der Waals surface area contributed by atoms with Crippen LogP contribution in [-0.4, -0.2) is 67.1 Å². The van der Waals surface area contributed by atoms with Gasteiger partial charge in [-0.1, -0.05) is 192 Å². The second-order valence-electron chi connectivity index (χ2n) is 18.2. The van der Waals surface area contributed by atoms with Crippen molar-refractivity contribution in [2.24, 2.45) is 0 Å². The molecule has 63 heavy (non-hydrogen) atoms. The van der Waals surface area contributed by atoms with E-state index in [2.05, 4.69) is 24.5 Å². The molecule has 0 radical (unpaired) electrons. The van der Waals surface area contributed by atoms with E-state index in [9.17, 15) is 19.5 Å². The number of hydrogen-bond acceptors (Lipinski definition) is 8. The van der Waals surface area contributed by atoms with E-state index in [1.165, 1.54) is 122 Å². The number of ether oxygens (including phenoxy) is 1. The summed E-state index contributed by atoms with van der Waals surface area (Å²) >= 11 is 0.